The fraction of sp³-hybridized carbons (Fsp3) is 0.510. The van der Waals surface area contributed by atoms with E-state index >= 15 is 0 Å². The number of hydrogen-bond donors (Lipinski definition) is 6. The number of cyclic esters (lactones) is 1. The van der Waals surface area contributed by atoms with Crippen LogP contribution in [0.2, 0.25) is 0 Å². The van der Waals surface area contributed by atoms with Crippen molar-refractivity contribution in [1.29, 1.82) is 0 Å². The first-order valence-electron chi connectivity index (χ1n) is 25.6. The molecule has 3 atom stereocenters. The van der Waals surface area contributed by atoms with Crippen LogP contribution < -0.4 is 42.0 Å². The van der Waals surface area contributed by atoms with Gasteiger partial charge in [-0.25, -0.2) is 14.5 Å². The maximum atomic E-state index is 13.9. The Labute approximate surface area is 485 Å². The molecule has 1 aromatic carbocycles. The zero-order valence-corrected chi connectivity index (χ0v) is 46.4. The van der Waals surface area contributed by atoms with E-state index in [9.17, 15) is 33.9 Å². The SMILES string of the molecule is CC[C@]1(O)C(=O)OCc2c1cc1n(c2=O)Cc2c-1nc1cc3c(cc1c2CCCCOCNC(=O)CNC(=O)[C@H](CCCCN)NC(=O)[C@@H](NC(=O)COCCOCCn1cc(-c2cnc([S-])nc2)nn1)C(C)C)OCO3.[Tb]. The number of rotatable bonds is 28. The fourth-order valence-corrected chi connectivity index (χ4v) is 9.31. The number of aromatic nitrogens is 7. The first-order chi connectivity index (χ1) is 37.2. The molecule has 0 saturated carbocycles. The van der Waals surface area contributed by atoms with Gasteiger partial charge in [0.2, 0.25) is 30.4 Å². The van der Waals surface area contributed by atoms with Gasteiger partial charge in [-0.05, 0) is 75.1 Å². The van der Waals surface area contributed by atoms with Gasteiger partial charge in [0, 0.05) is 90.9 Å². The first-order valence-corrected chi connectivity index (χ1v) is 26.0. The number of unbranched alkanes of at least 4 members (excludes halogenated alkanes) is 2. The normalized spacial score (nSPS) is 15.6. The van der Waals surface area contributed by atoms with Crippen molar-refractivity contribution in [2.75, 3.05) is 59.6 Å². The molecule has 0 aliphatic carbocycles. The molecule has 0 bridgehead atoms. The summed E-state index contributed by atoms with van der Waals surface area (Å²) in [5.41, 5.74) is 8.63. The number of hydrogen-bond acceptors (Lipinski definition) is 20. The summed E-state index contributed by atoms with van der Waals surface area (Å²) in [5, 5.41) is 31.3. The largest absolute Gasteiger partial charge is 0.740 e. The number of ether oxygens (including phenoxy) is 6. The van der Waals surface area contributed by atoms with Gasteiger partial charge >= 0.3 is 5.97 Å². The molecule has 3 aliphatic rings. The number of aryl methyl sites for hydroxylation is 1. The Kier molecular flexibility index (Phi) is 21.3. The molecule has 0 unspecified atom stereocenters. The van der Waals surface area contributed by atoms with Crippen molar-refractivity contribution < 1.29 is 96.1 Å². The molecule has 8 rings (SSSR count). The molecule has 7 N–H and O–H groups in total. The van der Waals surface area contributed by atoms with Gasteiger partial charge in [0.25, 0.3) is 5.56 Å². The topological polar surface area (TPSA) is 326 Å². The second-order valence-corrected chi connectivity index (χ2v) is 19.4. The number of nitrogens with two attached hydrogens (primary N) is 1. The monoisotopic (exact) mass is 1240 g/mol. The van der Waals surface area contributed by atoms with Crippen molar-refractivity contribution >= 4 is 53.1 Å². The molecule has 0 saturated heterocycles. The van der Waals surface area contributed by atoms with Crippen LogP contribution in [0.1, 0.15) is 81.5 Å². The predicted octanol–water partition coefficient (Wildman–Crippen LogP) is 0.780. The minimum absolute atomic E-state index is 0. The van der Waals surface area contributed by atoms with Crippen LogP contribution in [-0.2, 0) is 87.3 Å². The van der Waals surface area contributed by atoms with Crippen LogP contribution in [0.25, 0.3) is 33.5 Å². The van der Waals surface area contributed by atoms with Crippen LogP contribution >= 0.6 is 0 Å². The molecular formula is C51H63N12O13STb-. The number of aliphatic hydroxyl groups is 1. The van der Waals surface area contributed by atoms with E-state index in [0.717, 1.165) is 16.5 Å². The average molecular weight is 1240 g/mol. The number of nitrogens with zero attached hydrogens (tertiary/aromatic N) is 7. The molecule has 0 fully saturated rings. The van der Waals surface area contributed by atoms with Crippen LogP contribution in [0.4, 0.5) is 0 Å². The minimum atomic E-state index is -1.96. The Morgan fingerprint density at radius 1 is 0.897 bits per heavy atom. The van der Waals surface area contributed by atoms with E-state index < -0.39 is 47.3 Å². The summed E-state index contributed by atoms with van der Waals surface area (Å²) in [6.45, 7) is 6.14. The molecule has 4 amide bonds. The third kappa shape index (κ3) is 14.3. The second kappa shape index (κ2) is 27.8. The predicted molar refractivity (Wildman–Crippen MR) is 275 cm³/mol. The molecule has 25 nitrogen and oxygen atoms in total. The van der Waals surface area contributed by atoms with Gasteiger partial charge in [-0.2, -0.15) is 0 Å². The molecule has 421 valence electrons. The van der Waals surface area contributed by atoms with E-state index in [1.807, 2.05) is 6.07 Å². The standard InChI is InChI=1S/C51H64N12O13S.Tb/c1-4-51(70)35-18-39-45-33(23-63(39)48(68)34(35)25-74-49(51)69)31(32-17-40-41(76-28-75-40)19-37(32)57-45)9-6-8-13-73-27-56-42(64)22-53-46(66)36(10-5-7-11-52)58-47(67)44(29(2)3)59-43(65)26-72-16-15-71-14-12-62-24-38(60-61-62)30-20-54-50(77)55-21-30;/h17-21,24,29,36,44,70H,4-16,22-23,25-28,52H2,1-3H3,(H,53,66)(H,56,64)(H,58,67)(H,59,65)(H,54,55,77);/p-1/t36-,44-,51+;/m0./s1. The van der Waals surface area contributed by atoms with Crippen LogP contribution in [0, 0.1) is 44.5 Å². The summed E-state index contributed by atoms with van der Waals surface area (Å²) in [6.07, 6.45) is 8.11. The summed E-state index contributed by atoms with van der Waals surface area (Å²) >= 11 is 4.92. The van der Waals surface area contributed by atoms with Gasteiger partial charge < -0.3 is 77.7 Å². The molecule has 0 spiro atoms. The van der Waals surface area contributed by atoms with E-state index in [1.165, 1.54) is 0 Å². The summed E-state index contributed by atoms with van der Waals surface area (Å²) in [6, 6.07) is 3.38. The van der Waals surface area contributed by atoms with E-state index in [-0.39, 0.29) is 132 Å². The van der Waals surface area contributed by atoms with Gasteiger partial charge in [0.15, 0.2) is 17.1 Å². The smallest absolute Gasteiger partial charge is 0.343 e. The van der Waals surface area contributed by atoms with Gasteiger partial charge in [-0.3, -0.25) is 33.9 Å². The summed E-state index contributed by atoms with van der Waals surface area (Å²) in [7, 11) is 0. The number of amides is 4. The quantitative estimate of drug-likeness (QED) is 0.0130. The maximum absolute atomic E-state index is 13.9. The molecule has 4 aromatic heterocycles. The second-order valence-electron chi connectivity index (χ2n) is 19.0. The number of benzene rings is 1. The Morgan fingerprint density at radius 2 is 1.67 bits per heavy atom. The Balaban J connectivity index is 0.00000882. The van der Waals surface area contributed by atoms with Crippen molar-refractivity contribution in [1.82, 2.24) is 55.8 Å². The van der Waals surface area contributed by atoms with Gasteiger partial charge in [-0.1, -0.05) is 26.0 Å². The molecule has 27 heteroatoms. The minimum Gasteiger partial charge on any atom is -0.740 e. The molecule has 3 aliphatic heterocycles. The third-order valence-electron chi connectivity index (χ3n) is 13.4. The zero-order valence-electron chi connectivity index (χ0n) is 43.4. The van der Waals surface area contributed by atoms with Crippen molar-refractivity contribution in [3.05, 3.63) is 69.4 Å². The number of carbonyl (C=O) groups is 5. The van der Waals surface area contributed by atoms with Crippen LogP contribution in [-0.4, -0.2) is 141 Å². The first kappa shape index (κ1) is 59.7. The Hall–Kier alpha value is -5.94. The number of nitrogens with one attached hydrogen (secondary N) is 4. The fourth-order valence-electron chi connectivity index (χ4n) is 9.20. The van der Waals surface area contributed by atoms with Gasteiger partial charge in [0.05, 0.1) is 68.1 Å². The Bertz CT molecular complexity index is 3030. The molecule has 78 heavy (non-hydrogen) atoms. The average Bonchev–Trinajstić information content (AvgIpc) is 4.38. The van der Waals surface area contributed by atoms with Crippen molar-refractivity contribution in [2.24, 2.45) is 11.7 Å². The van der Waals surface area contributed by atoms with Crippen LogP contribution in [0.15, 0.2) is 46.7 Å². The summed E-state index contributed by atoms with van der Waals surface area (Å²) in [4.78, 5) is 92.2. The molecular weight excluding hydrogens is 1180 g/mol. The van der Waals surface area contributed by atoms with Crippen molar-refractivity contribution in [3.8, 4) is 34.1 Å². The summed E-state index contributed by atoms with van der Waals surface area (Å²) in [5.74, 6) is -2.21. The van der Waals surface area contributed by atoms with Gasteiger partial charge in [0.1, 0.15) is 37.7 Å². The molecule has 1 radical (unpaired) electrons. The summed E-state index contributed by atoms with van der Waals surface area (Å²) < 4.78 is 36.6. The van der Waals surface area contributed by atoms with Crippen molar-refractivity contribution in [3.63, 3.8) is 0 Å². The number of esters is 1. The van der Waals surface area contributed by atoms with E-state index in [2.05, 4.69) is 41.5 Å². The van der Waals surface area contributed by atoms with Crippen molar-refractivity contribution in [2.45, 2.75) is 108 Å². The maximum Gasteiger partial charge on any atom is 0.343 e. The van der Waals surface area contributed by atoms with E-state index in [1.54, 1.807) is 60.7 Å². The van der Waals surface area contributed by atoms with E-state index in [4.69, 9.17) is 51.8 Å². The van der Waals surface area contributed by atoms with E-state index in [0.29, 0.717) is 98.1 Å². The zero-order chi connectivity index (χ0) is 54.6. The molecule has 7 heterocycles. The third-order valence-corrected chi connectivity index (χ3v) is 13.6. The number of pyridine rings is 2. The van der Waals surface area contributed by atoms with Crippen LogP contribution in [0.5, 0.6) is 11.5 Å². The Morgan fingerprint density at radius 3 is 2.42 bits per heavy atom. The van der Waals surface area contributed by atoms with Crippen LogP contribution in [0.3, 0.4) is 0 Å². The number of carbonyl (C=O) groups excluding carboxylic acids is 5. The van der Waals surface area contributed by atoms with Gasteiger partial charge in [-0.15, -0.1) is 5.10 Å². The molecule has 5 aromatic rings. The number of fused-ring (bicyclic) bond motifs is 6.